The Kier molecular flexibility index (Phi) is 3.72. The number of carbonyl (C=O) groups is 1. The maximum absolute atomic E-state index is 11.6. The molecule has 4 rings (SSSR count). The van der Waals surface area contributed by atoms with Gasteiger partial charge in [0.1, 0.15) is 0 Å². The lowest BCUT2D eigenvalue weighted by molar-refractivity contribution is -0.130. The number of carbonyl (C=O) groups excluding carboxylic acids is 1. The van der Waals surface area contributed by atoms with Crippen LogP contribution in [0.4, 0.5) is 0 Å². The van der Waals surface area contributed by atoms with E-state index in [1.165, 1.54) is 0 Å². The van der Waals surface area contributed by atoms with Gasteiger partial charge in [-0.05, 0) is 31.0 Å². The zero-order valence-electron chi connectivity index (χ0n) is 13.6. The van der Waals surface area contributed by atoms with Crippen LogP contribution in [0.25, 0.3) is 17.0 Å². The van der Waals surface area contributed by atoms with Crippen LogP contribution in [0, 0.1) is 0 Å². The molecule has 0 saturated carbocycles. The molecule has 0 spiro atoms. The van der Waals surface area contributed by atoms with Gasteiger partial charge in [-0.2, -0.15) is 0 Å². The summed E-state index contributed by atoms with van der Waals surface area (Å²) < 4.78 is 1.95. The normalized spacial score (nSPS) is 18.0. The SMILES string of the molecule is CC(=O)N1CCC[C@H](c2ccc(-c3cnc4ncccn34)cn2)C1. The molecular formula is C18H19N5O. The van der Waals surface area contributed by atoms with E-state index in [0.717, 1.165) is 42.9 Å². The van der Waals surface area contributed by atoms with Gasteiger partial charge in [-0.1, -0.05) is 0 Å². The molecule has 0 bridgehead atoms. The van der Waals surface area contributed by atoms with E-state index < -0.39 is 0 Å². The molecule has 3 aromatic heterocycles. The lowest BCUT2D eigenvalue weighted by Crippen LogP contribution is -2.37. The number of likely N-dealkylation sites (tertiary alicyclic amines) is 1. The number of hydrogen-bond donors (Lipinski definition) is 0. The van der Waals surface area contributed by atoms with E-state index >= 15 is 0 Å². The van der Waals surface area contributed by atoms with Crippen molar-refractivity contribution in [3.8, 4) is 11.3 Å². The lowest BCUT2D eigenvalue weighted by Gasteiger charge is -2.31. The average molecular weight is 321 g/mol. The first-order chi connectivity index (χ1) is 11.7. The van der Waals surface area contributed by atoms with Crippen LogP contribution in [0.3, 0.4) is 0 Å². The molecule has 3 aromatic rings. The monoisotopic (exact) mass is 321 g/mol. The van der Waals surface area contributed by atoms with Crippen molar-refractivity contribution in [2.75, 3.05) is 13.1 Å². The van der Waals surface area contributed by atoms with Gasteiger partial charge < -0.3 is 4.90 Å². The molecule has 0 unspecified atom stereocenters. The number of piperidine rings is 1. The first-order valence-electron chi connectivity index (χ1n) is 8.22. The summed E-state index contributed by atoms with van der Waals surface area (Å²) in [5.74, 6) is 1.15. The van der Waals surface area contributed by atoms with Gasteiger partial charge in [0, 0.05) is 55.8 Å². The van der Waals surface area contributed by atoms with Crippen LogP contribution in [0.15, 0.2) is 43.0 Å². The van der Waals surface area contributed by atoms with E-state index in [1.807, 2.05) is 34.0 Å². The van der Waals surface area contributed by atoms with Crippen LogP contribution < -0.4 is 0 Å². The van der Waals surface area contributed by atoms with Gasteiger partial charge in [0.2, 0.25) is 11.7 Å². The Labute approximate surface area is 140 Å². The first-order valence-corrected chi connectivity index (χ1v) is 8.22. The highest BCUT2D eigenvalue weighted by molar-refractivity contribution is 5.73. The summed E-state index contributed by atoms with van der Waals surface area (Å²) in [6.45, 7) is 3.26. The third kappa shape index (κ3) is 2.64. The maximum Gasteiger partial charge on any atom is 0.234 e. The molecule has 6 nitrogen and oxygen atoms in total. The summed E-state index contributed by atoms with van der Waals surface area (Å²) >= 11 is 0. The Hall–Kier alpha value is -2.76. The number of nitrogens with zero attached hydrogens (tertiary/aromatic N) is 5. The van der Waals surface area contributed by atoms with Gasteiger partial charge in [-0.25, -0.2) is 9.97 Å². The van der Waals surface area contributed by atoms with E-state index in [4.69, 9.17) is 0 Å². The molecule has 4 heterocycles. The Morgan fingerprint density at radius 3 is 2.92 bits per heavy atom. The van der Waals surface area contributed by atoms with Crippen LogP contribution in [-0.4, -0.2) is 43.2 Å². The Morgan fingerprint density at radius 1 is 1.21 bits per heavy atom. The molecule has 1 amide bonds. The first kappa shape index (κ1) is 14.8. The highest BCUT2D eigenvalue weighted by atomic mass is 16.2. The summed E-state index contributed by atoms with van der Waals surface area (Å²) in [5, 5.41) is 0. The molecule has 0 N–H and O–H groups in total. The van der Waals surface area contributed by atoms with Crippen molar-refractivity contribution >= 4 is 11.7 Å². The topological polar surface area (TPSA) is 63.4 Å². The zero-order valence-corrected chi connectivity index (χ0v) is 13.6. The van der Waals surface area contributed by atoms with Crippen molar-refractivity contribution in [1.29, 1.82) is 0 Å². The Bertz CT molecular complexity index is 871. The largest absolute Gasteiger partial charge is 0.342 e. The van der Waals surface area contributed by atoms with E-state index in [9.17, 15) is 4.79 Å². The van der Waals surface area contributed by atoms with Crippen LogP contribution in [0.5, 0.6) is 0 Å². The maximum atomic E-state index is 11.6. The molecule has 1 aliphatic rings. The number of rotatable bonds is 2. The zero-order chi connectivity index (χ0) is 16.5. The fourth-order valence-electron chi connectivity index (χ4n) is 3.34. The summed E-state index contributed by atoms with van der Waals surface area (Å²) in [4.78, 5) is 26.7. The molecule has 1 fully saturated rings. The number of aromatic nitrogens is 4. The van der Waals surface area contributed by atoms with E-state index in [-0.39, 0.29) is 5.91 Å². The average Bonchev–Trinajstić information content (AvgIpc) is 3.06. The summed E-state index contributed by atoms with van der Waals surface area (Å²) in [6, 6.07) is 6.03. The fraction of sp³-hybridized carbons (Fsp3) is 0.333. The second-order valence-corrected chi connectivity index (χ2v) is 6.21. The van der Waals surface area contributed by atoms with Crippen molar-refractivity contribution < 1.29 is 4.79 Å². The minimum absolute atomic E-state index is 0.148. The molecule has 0 radical (unpaired) electrons. The molecule has 1 aliphatic heterocycles. The van der Waals surface area contributed by atoms with Crippen LogP contribution in [0.2, 0.25) is 0 Å². The van der Waals surface area contributed by atoms with Crippen molar-refractivity contribution in [3.63, 3.8) is 0 Å². The molecule has 1 saturated heterocycles. The minimum Gasteiger partial charge on any atom is -0.342 e. The van der Waals surface area contributed by atoms with Crippen LogP contribution >= 0.6 is 0 Å². The van der Waals surface area contributed by atoms with Gasteiger partial charge in [0.25, 0.3) is 0 Å². The third-order valence-electron chi connectivity index (χ3n) is 4.66. The van der Waals surface area contributed by atoms with Gasteiger partial charge >= 0.3 is 0 Å². The van der Waals surface area contributed by atoms with Crippen molar-refractivity contribution in [3.05, 3.63) is 48.7 Å². The number of fused-ring (bicyclic) bond motifs is 1. The minimum atomic E-state index is 0.148. The van der Waals surface area contributed by atoms with Crippen molar-refractivity contribution in [2.45, 2.75) is 25.7 Å². The van der Waals surface area contributed by atoms with E-state index in [1.54, 1.807) is 13.1 Å². The number of imidazole rings is 1. The number of pyridine rings is 1. The molecule has 1 atom stereocenters. The second kappa shape index (κ2) is 6.03. The van der Waals surface area contributed by atoms with Crippen LogP contribution in [0.1, 0.15) is 31.4 Å². The molecule has 0 aliphatic carbocycles. The lowest BCUT2D eigenvalue weighted by atomic mass is 9.94. The highest BCUT2D eigenvalue weighted by Gasteiger charge is 2.23. The fourth-order valence-corrected chi connectivity index (χ4v) is 3.34. The standard InChI is InChI=1S/C18H19N5O/c1-13(24)22-8-2-4-15(12-22)16-6-5-14(10-20-16)17-11-21-18-19-7-3-9-23(17)18/h3,5-7,9-11,15H,2,4,8,12H2,1H3/t15-/m0/s1. The third-order valence-corrected chi connectivity index (χ3v) is 4.66. The molecule has 122 valence electrons. The van der Waals surface area contributed by atoms with Gasteiger partial charge in [-0.15, -0.1) is 0 Å². The molecule has 6 heteroatoms. The van der Waals surface area contributed by atoms with Gasteiger partial charge in [-0.3, -0.25) is 14.2 Å². The Balaban J connectivity index is 1.60. The summed E-state index contributed by atoms with van der Waals surface area (Å²) in [7, 11) is 0. The predicted octanol–water partition coefficient (Wildman–Crippen LogP) is 2.52. The van der Waals surface area contributed by atoms with Crippen molar-refractivity contribution in [1.82, 2.24) is 24.3 Å². The summed E-state index contributed by atoms with van der Waals surface area (Å²) in [5.41, 5.74) is 3.04. The Morgan fingerprint density at radius 2 is 2.12 bits per heavy atom. The van der Waals surface area contributed by atoms with Crippen molar-refractivity contribution in [2.24, 2.45) is 0 Å². The number of amides is 1. The number of hydrogen-bond acceptors (Lipinski definition) is 4. The summed E-state index contributed by atoms with van der Waals surface area (Å²) in [6.07, 6.45) is 9.50. The molecular weight excluding hydrogens is 302 g/mol. The predicted molar refractivity (Wildman–Crippen MR) is 90.4 cm³/mol. The molecule has 0 aromatic carbocycles. The highest BCUT2D eigenvalue weighted by Crippen LogP contribution is 2.27. The quantitative estimate of drug-likeness (QED) is 0.727. The van der Waals surface area contributed by atoms with E-state index in [0.29, 0.717) is 11.7 Å². The smallest absolute Gasteiger partial charge is 0.234 e. The second-order valence-electron chi connectivity index (χ2n) is 6.21. The van der Waals surface area contributed by atoms with Gasteiger partial charge in [0.05, 0.1) is 11.9 Å². The van der Waals surface area contributed by atoms with Gasteiger partial charge in [0.15, 0.2) is 0 Å². The van der Waals surface area contributed by atoms with E-state index in [2.05, 4.69) is 27.1 Å². The van der Waals surface area contributed by atoms with Crippen LogP contribution in [-0.2, 0) is 4.79 Å². The molecule has 24 heavy (non-hydrogen) atoms.